The number of aryl methyl sites for hydroxylation is 3. The molecule has 4 heteroatoms. The molecule has 1 N–H and O–H groups in total. The number of aromatic nitrogens is 2. The summed E-state index contributed by atoms with van der Waals surface area (Å²) in [6.07, 6.45) is 1.85. The lowest BCUT2D eigenvalue weighted by Crippen LogP contribution is -2.26. The van der Waals surface area contributed by atoms with Gasteiger partial charge in [-0.3, -0.25) is 9.48 Å². The highest BCUT2D eigenvalue weighted by molar-refractivity contribution is 5.98. The van der Waals surface area contributed by atoms with Crippen LogP contribution < -0.4 is 5.32 Å². The van der Waals surface area contributed by atoms with Crippen molar-refractivity contribution < 1.29 is 4.79 Å². The summed E-state index contributed by atoms with van der Waals surface area (Å²) in [6.45, 7) is 8.96. The third-order valence-electron chi connectivity index (χ3n) is 5.74. The highest BCUT2D eigenvalue weighted by Crippen LogP contribution is 2.20. The van der Waals surface area contributed by atoms with Gasteiger partial charge in [-0.25, -0.2) is 0 Å². The Morgan fingerprint density at radius 3 is 2.47 bits per heavy atom. The van der Waals surface area contributed by atoms with Gasteiger partial charge in [0.1, 0.15) is 0 Å². The number of carbonyl (C=O) groups is 1. The van der Waals surface area contributed by atoms with Crippen molar-refractivity contribution in [3.63, 3.8) is 0 Å². The quantitative estimate of drug-likeness (QED) is 0.483. The van der Waals surface area contributed by atoms with Crippen LogP contribution in [0.5, 0.6) is 0 Å². The molecule has 0 aliphatic heterocycles. The number of carbonyl (C=O) groups excluding carboxylic acids is 1. The molecular weight excluding hydrogens is 370 g/mol. The van der Waals surface area contributed by atoms with Crippen molar-refractivity contribution in [2.45, 2.75) is 40.3 Å². The van der Waals surface area contributed by atoms with E-state index in [1.54, 1.807) is 0 Å². The molecule has 0 aliphatic rings. The molecule has 1 aromatic heterocycles. The Balaban J connectivity index is 1.55. The van der Waals surface area contributed by atoms with E-state index in [9.17, 15) is 4.79 Å². The summed E-state index contributed by atoms with van der Waals surface area (Å²) in [6, 6.07) is 20.4. The van der Waals surface area contributed by atoms with Gasteiger partial charge < -0.3 is 5.32 Å². The second-order valence-corrected chi connectivity index (χ2v) is 8.10. The van der Waals surface area contributed by atoms with Crippen LogP contribution in [0.3, 0.4) is 0 Å². The molecule has 4 nitrogen and oxygen atoms in total. The number of fused-ring (bicyclic) bond motifs is 1. The summed E-state index contributed by atoms with van der Waals surface area (Å²) in [5.74, 6) is -0.0780. The minimum absolute atomic E-state index is 0.0648. The number of hydrogen-bond donors (Lipinski definition) is 1. The molecule has 152 valence electrons. The summed E-state index contributed by atoms with van der Waals surface area (Å²) in [7, 11) is 0. The zero-order chi connectivity index (χ0) is 21.3. The molecule has 4 rings (SSSR count). The van der Waals surface area contributed by atoms with Crippen molar-refractivity contribution in [3.8, 4) is 0 Å². The van der Waals surface area contributed by atoms with Crippen molar-refractivity contribution in [2.75, 3.05) is 0 Å². The number of nitrogens with zero attached hydrogens (tertiary/aromatic N) is 2. The maximum absolute atomic E-state index is 12.9. The summed E-state index contributed by atoms with van der Waals surface area (Å²) in [5, 5.41) is 8.68. The first-order valence-corrected chi connectivity index (χ1v) is 10.3. The number of rotatable bonds is 5. The van der Waals surface area contributed by atoms with Gasteiger partial charge >= 0.3 is 0 Å². The van der Waals surface area contributed by atoms with E-state index in [4.69, 9.17) is 0 Å². The molecule has 1 amide bonds. The molecule has 0 saturated carbocycles. The molecule has 0 radical (unpaired) electrons. The first kappa shape index (κ1) is 19.9. The highest BCUT2D eigenvalue weighted by Gasteiger charge is 2.14. The van der Waals surface area contributed by atoms with Gasteiger partial charge in [0.15, 0.2) is 0 Å². The van der Waals surface area contributed by atoms with Gasteiger partial charge in [-0.2, -0.15) is 5.10 Å². The van der Waals surface area contributed by atoms with Crippen LogP contribution in [0.15, 0.2) is 66.9 Å². The first-order valence-electron chi connectivity index (χ1n) is 10.3. The minimum atomic E-state index is -0.0780. The van der Waals surface area contributed by atoms with E-state index in [0.29, 0.717) is 12.1 Å². The Kier molecular flexibility index (Phi) is 5.40. The Morgan fingerprint density at radius 1 is 0.967 bits per heavy atom. The summed E-state index contributed by atoms with van der Waals surface area (Å²) >= 11 is 0. The van der Waals surface area contributed by atoms with Crippen LogP contribution in [-0.2, 0) is 6.54 Å². The van der Waals surface area contributed by atoms with E-state index < -0.39 is 0 Å². The van der Waals surface area contributed by atoms with Gasteiger partial charge in [-0.15, -0.1) is 0 Å². The zero-order valence-electron chi connectivity index (χ0n) is 17.9. The lowest BCUT2D eigenvalue weighted by atomic mass is 10.0. The monoisotopic (exact) mass is 397 g/mol. The average Bonchev–Trinajstić information content (AvgIpc) is 3.13. The minimum Gasteiger partial charge on any atom is -0.346 e. The average molecular weight is 398 g/mol. The SMILES string of the molecule is Cc1ccc(Cn2ncc3ccc(C(=O)NC(C)c4ccc(C)c(C)c4)cc32)cc1. The van der Waals surface area contributed by atoms with E-state index >= 15 is 0 Å². The normalized spacial score (nSPS) is 12.1. The summed E-state index contributed by atoms with van der Waals surface area (Å²) in [4.78, 5) is 12.9. The molecule has 30 heavy (non-hydrogen) atoms. The van der Waals surface area contributed by atoms with Gasteiger partial charge in [-0.05, 0) is 62.1 Å². The molecule has 0 saturated heterocycles. The number of amides is 1. The molecule has 0 spiro atoms. The molecular formula is C26H27N3O. The first-order chi connectivity index (χ1) is 14.4. The van der Waals surface area contributed by atoms with E-state index in [1.165, 1.54) is 22.3 Å². The lowest BCUT2D eigenvalue weighted by molar-refractivity contribution is 0.0940. The van der Waals surface area contributed by atoms with E-state index in [2.05, 4.69) is 73.7 Å². The van der Waals surface area contributed by atoms with Crippen LogP contribution >= 0.6 is 0 Å². The maximum Gasteiger partial charge on any atom is 0.251 e. The van der Waals surface area contributed by atoms with Crippen molar-refractivity contribution in [1.82, 2.24) is 15.1 Å². The predicted octanol–water partition coefficient (Wildman–Crippen LogP) is 5.50. The van der Waals surface area contributed by atoms with Gasteiger partial charge in [0.2, 0.25) is 0 Å². The van der Waals surface area contributed by atoms with Crippen molar-refractivity contribution in [1.29, 1.82) is 0 Å². The summed E-state index contributed by atoms with van der Waals surface area (Å²) in [5.41, 5.74) is 7.62. The zero-order valence-corrected chi connectivity index (χ0v) is 17.9. The highest BCUT2D eigenvalue weighted by atomic mass is 16.1. The van der Waals surface area contributed by atoms with Crippen molar-refractivity contribution in [3.05, 3.63) is 100 Å². The predicted molar refractivity (Wildman–Crippen MR) is 122 cm³/mol. The third kappa shape index (κ3) is 4.13. The molecule has 0 bridgehead atoms. The Bertz CT molecular complexity index is 1200. The van der Waals surface area contributed by atoms with Crippen LogP contribution in [0.25, 0.3) is 10.9 Å². The standard InChI is InChI=1S/C26H27N3O/c1-17-5-8-21(9-6-17)16-29-25-14-23(11-12-24(25)15-27-29)26(30)28-20(4)22-10-7-18(2)19(3)13-22/h5-15,20H,16H2,1-4H3,(H,28,30). The van der Waals surface area contributed by atoms with Crippen LogP contribution in [0.2, 0.25) is 0 Å². The maximum atomic E-state index is 12.9. The largest absolute Gasteiger partial charge is 0.346 e. The van der Waals surface area contributed by atoms with E-state index in [1.807, 2.05) is 36.0 Å². The van der Waals surface area contributed by atoms with E-state index in [0.717, 1.165) is 16.5 Å². The molecule has 1 unspecified atom stereocenters. The van der Waals surface area contributed by atoms with Gasteiger partial charge in [0.05, 0.1) is 24.3 Å². The molecule has 0 aliphatic carbocycles. The molecule has 1 atom stereocenters. The topological polar surface area (TPSA) is 46.9 Å². The third-order valence-corrected chi connectivity index (χ3v) is 5.74. The van der Waals surface area contributed by atoms with Gasteiger partial charge in [-0.1, -0.05) is 54.1 Å². The Labute approximate surface area is 177 Å². The van der Waals surface area contributed by atoms with Crippen LogP contribution in [-0.4, -0.2) is 15.7 Å². The number of benzene rings is 3. The molecule has 4 aromatic rings. The van der Waals surface area contributed by atoms with Crippen LogP contribution in [0, 0.1) is 20.8 Å². The summed E-state index contributed by atoms with van der Waals surface area (Å²) < 4.78 is 1.95. The second kappa shape index (κ2) is 8.15. The van der Waals surface area contributed by atoms with Gasteiger partial charge in [0.25, 0.3) is 5.91 Å². The fourth-order valence-corrected chi connectivity index (χ4v) is 3.60. The second-order valence-electron chi connectivity index (χ2n) is 8.10. The van der Waals surface area contributed by atoms with Crippen LogP contribution in [0.4, 0.5) is 0 Å². The number of hydrogen-bond acceptors (Lipinski definition) is 2. The fourth-order valence-electron chi connectivity index (χ4n) is 3.60. The van der Waals surface area contributed by atoms with Crippen LogP contribution in [0.1, 0.15) is 51.1 Å². The number of nitrogens with one attached hydrogen (secondary N) is 1. The molecule has 1 heterocycles. The Hall–Kier alpha value is -3.40. The fraction of sp³-hybridized carbons (Fsp3) is 0.231. The van der Waals surface area contributed by atoms with Gasteiger partial charge in [0, 0.05) is 10.9 Å². The molecule has 0 fully saturated rings. The van der Waals surface area contributed by atoms with Crippen molar-refractivity contribution >= 4 is 16.8 Å². The molecule has 3 aromatic carbocycles. The van der Waals surface area contributed by atoms with Crippen molar-refractivity contribution in [2.24, 2.45) is 0 Å². The van der Waals surface area contributed by atoms with E-state index in [-0.39, 0.29) is 11.9 Å². The smallest absolute Gasteiger partial charge is 0.251 e. The lowest BCUT2D eigenvalue weighted by Gasteiger charge is -2.16. The Morgan fingerprint density at radius 2 is 1.73 bits per heavy atom.